The third-order valence-electron chi connectivity index (χ3n) is 3.22. The Hall–Kier alpha value is -1.18. The molecule has 1 rings (SSSR count). The van der Waals surface area contributed by atoms with E-state index < -0.39 is 0 Å². The van der Waals surface area contributed by atoms with Crippen LogP contribution in [0.1, 0.15) is 57.4 Å². The standard InChI is InChI=1S/C15H25NO/c1-2-3-4-5-6-7-8-10-13-11-9-12-14(17)15(13)16/h9,11-12,17H,2-8,10,16H2,1H3. The molecule has 0 radical (unpaired) electrons. The molecule has 0 amide bonds. The average molecular weight is 235 g/mol. The van der Waals surface area contributed by atoms with Gasteiger partial charge < -0.3 is 10.8 Å². The van der Waals surface area contributed by atoms with Crippen LogP contribution in [0.5, 0.6) is 5.75 Å². The van der Waals surface area contributed by atoms with Gasteiger partial charge in [-0.3, -0.25) is 0 Å². The lowest BCUT2D eigenvalue weighted by Gasteiger charge is -2.07. The molecule has 2 heteroatoms. The molecular formula is C15H25NO. The van der Waals surface area contributed by atoms with E-state index in [2.05, 4.69) is 6.92 Å². The summed E-state index contributed by atoms with van der Waals surface area (Å²) in [6, 6.07) is 5.51. The Bertz CT molecular complexity index is 323. The van der Waals surface area contributed by atoms with Crippen LogP contribution >= 0.6 is 0 Å². The van der Waals surface area contributed by atoms with Gasteiger partial charge in [0.1, 0.15) is 5.75 Å². The number of para-hydroxylation sites is 1. The maximum atomic E-state index is 9.47. The number of hydrogen-bond donors (Lipinski definition) is 2. The van der Waals surface area contributed by atoms with E-state index in [1.54, 1.807) is 6.07 Å². The summed E-state index contributed by atoms with van der Waals surface area (Å²) < 4.78 is 0. The van der Waals surface area contributed by atoms with Gasteiger partial charge in [0.05, 0.1) is 5.69 Å². The zero-order valence-corrected chi connectivity index (χ0v) is 10.9. The van der Waals surface area contributed by atoms with Crippen LogP contribution in [0.15, 0.2) is 18.2 Å². The number of phenols is 1. The number of unbranched alkanes of at least 4 members (excludes halogenated alkanes) is 6. The van der Waals surface area contributed by atoms with Crippen molar-refractivity contribution >= 4 is 5.69 Å². The molecule has 1 aromatic rings. The van der Waals surface area contributed by atoms with Gasteiger partial charge in [-0.15, -0.1) is 0 Å². The third-order valence-corrected chi connectivity index (χ3v) is 3.22. The van der Waals surface area contributed by atoms with Gasteiger partial charge in [0.15, 0.2) is 0 Å². The van der Waals surface area contributed by atoms with Crippen molar-refractivity contribution in [1.29, 1.82) is 0 Å². The first-order valence-electron chi connectivity index (χ1n) is 6.82. The van der Waals surface area contributed by atoms with Gasteiger partial charge in [-0.1, -0.05) is 57.6 Å². The zero-order chi connectivity index (χ0) is 12.5. The van der Waals surface area contributed by atoms with Crippen molar-refractivity contribution < 1.29 is 5.11 Å². The summed E-state index contributed by atoms with van der Waals surface area (Å²) in [5.41, 5.74) is 7.45. The number of phenolic OH excluding ortho intramolecular Hbond substituents is 1. The van der Waals surface area contributed by atoms with E-state index >= 15 is 0 Å². The highest BCUT2D eigenvalue weighted by Crippen LogP contribution is 2.25. The lowest BCUT2D eigenvalue weighted by Crippen LogP contribution is -1.95. The first-order chi connectivity index (χ1) is 8.25. The van der Waals surface area contributed by atoms with E-state index in [4.69, 9.17) is 5.73 Å². The second-order valence-corrected chi connectivity index (χ2v) is 4.72. The summed E-state index contributed by atoms with van der Waals surface area (Å²) in [5.74, 6) is 0.213. The van der Waals surface area contributed by atoms with E-state index in [0.29, 0.717) is 5.69 Å². The molecule has 0 aromatic heterocycles. The number of nitrogen functional groups attached to an aromatic ring is 1. The monoisotopic (exact) mass is 235 g/mol. The summed E-state index contributed by atoms with van der Waals surface area (Å²) in [4.78, 5) is 0. The highest BCUT2D eigenvalue weighted by molar-refractivity contribution is 5.57. The number of rotatable bonds is 8. The van der Waals surface area contributed by atoms with E-state index in [1.165, 1.54) is 44.9 Å². The van der Waals surface area contributed by atoms with Gasteiger partial charge in [0.25, 0.3) is 0 Å². The van der Waals surface area contributed by atoms with Crippen molar-refractivity contribution in [3.8, 4) is 5.75 Å². The molecule has 2 nitrogen and oxygen atoms in total. The molecule has 0 aliphatic carbocycles. The summed E-state index contributed by atoms with van der Waals surface area (Å²) in [5, 5.41) is 9.47. The van der Waals surface area contributed by atoms with Crippen LogP contribution in [-0.4, -0.2) is 5.11 Å². The van der Waals surface area contributed by atoms with Crippen LogP contribution < -0.4 is 5.73 Å². The minimum Gasteiger partial charge on any atom is -0.506 e. The van der Waals surface area contributed by atoms with E-state index in [1.807, 2.05) is 12.1 Å². The zero-order valence-electron chi connectivity index (χ0n) is 10.9. The Kier molecular flexibility index (Phi) is 6.53. The van der Waals surface area contributed by atoms with Gasteiger partial charge in [0.2, 0.25) is 0 Å². The molecule has 0 saturated carbocycles. The number of benzene rings is 1. The predicted molar refractivity (Wildman–Crippen MR) is 74.2 cm³/mol. The molecule has 0 fully saturated rings. The van der Waals surface area contributed by atoms with Gasteiger partial charge in [-0.25, -0.2) is 0 Å². The van der Waals surface area contributed by atoms with Crippen molar-refractivity contribution in [1.82, 2.24) is 0 Å². The number of hydrogen-bond acceptors (Lipinski definition) is 2. The smallest absolute Gasteiger partial charge is 0.138 e. The summed E-state index contributed by atoms with van der Waals surface area (Å²) in [7, 11) is 0. The van der Waals surface area contributed by atoms with Gasteiger partial charge in [0, 0.05) is 0 Å². The Morgan fingerprint density at radius 1 is 1.00 bits per heavy atom. The maximum Gasteiger partial charge on any atom is 0.138 e. The molecule has 0 aliphatic heterocycles. The fraction of sp³-hybridized carbons (Fsp3) is 0.600. The minimum atomic E-state index is 0.213. The van der Waals surface area contributed by atoms with Gasteiger partial charge >= 0.3 is 0 Å². The molecule has 0 saturated heterocycles. The Morgan fingerprint density at radius 2 is 1.65 bits per heavy atom. The summed E-state index contributed by atoms with van der Waals surface area (Å²) in [6.45, 7) is 2.24. The fourth-order valence-electron chi connectivity index (χ4n) is 2.09. The molecule has 96 valence electrons. The lowest BCUT2D eigenvalue weighted by atomic mass is 10.0. The molecule has 0 unspecified atom stereocenters. The van der Waals surface area contributed by atoms with Crippen LogP contribution in [0.4, 0.5) is 5.69 Å². The number of anilines is 1. The minimum absolute atomic E-state index is 0.213. The number of aromatic hydroxyl groups is 1. The number of nitrogens with two attached hydrogens (primary N) is 1. The first-order valence-corrected chi connectivity index (χ1v) is 6.82. The molecule has 0 bridgehead atoms. The number of aryl methyl sites for hydroxylation is 1. The summed E-state index contributed by atoms with van der Waals surface area (Å²) >= 11 is 0. The molecule has 3 N–H and O–H groups in total. The van der Waals surface area contributed by atoms with Crippen molar-refractivity contribution in [2.75, 3.05) is 5.73 Å². The molecule has 0 aliphatic rings. The first kappa shape index (κ1) is 13.9. The van der Waals surface area contributed by atoms with Crippen molar-refractivity contribution in [2.24, 2.45) is 0 Å². The molecular weight excluding hydrogens is 210 g/mol. The highest BCUT2D eigenvalue weighted by atomic mass is 16.3. The van der Waals surface area contributed by atoms with Crippen LogP contribution in [-0.2, 0) is 6.42 Å². The average Bonchev–Trinajstić information content (AvgIpc) is 2.33. The quantitative estimate of drug-likeness (QED) is 0.401. The van der Waals surface area contributed by atoms with E-state index in [9.17, 15) is 5.11 Å². The molecule has 0 heterocycles. The molecule has 0 atom stereocenters. The molecule has 1 aromatic carbocycles. The fourth-order valence-corrected chi connectivity index (χ4v) is 2.09. The van der Waals surface area contributed by atoms with Crippen LogP contribution in [0, 0.1) is 0 Å². The van der Waals surface area contributed by atoms with Crippen molar-refractivity contribution in [3.05, 3.63) is 23.8 Å². The Morgan fingerprint density at radius 3 is 2.35 bits per heavy atom. The van der Waals surface area contributed by atoms with Crippen molar-refractivity contribution in [3.63, 3.8) is 0 Å². The van der Waals surface area contributed by atoms with Crippen LogP contribution in [0.2, 0.25) is 0 Å². The second-order valence-electron chi connectivity index (χ2n) is 4.72. The summed E-state index contributed by atoms with van der Waals surface area (Å²) in [6.07, 6.45) is 10.1. The second kappa shape index (κ2) is 7.99. The van der Waals surface area contributed by atoms with Gasteiger partial charge in [-0.05, 0) is 24.5 Å². The third kappa shape index (κ3) is 5.12. The highest BCUT2D eigenvalue weighted by Gasteiger charge is 2.02. The lowest BCUT2D eigenvalue weighted by molar-refractivity contribution is 0.477. The Labute approximate surface area is 105 Å². The predicted octanol–water partition coefficient (Wildman–Crippen LogP) is 4.27. The van der Waals surface area contributed by atoms with E-state index in [0.717, 1.165) is 12.0 Å². The SMILES string of the molecule is CCCCCCCCCc1cccc(O)c1N. The topological polar surface area (TPSA) is 46.2 Å². The normalized spacial score (nSPS) is 10.6. The maximum absolute atomic E-state index is 9.47. The van der Waals surface area contributed by atoms with Crippen LogP contribution in [0.3, 0.4) is 0 Å². The van der Waals surface area contributed by atoms with Crippen molar-refractivity contribution in [2.45, 2.75) is 58.3 Å². The molecule has 0 spiro atoms. The Balaban J connectivity index is 2.16. The van der Waals surface area contributed by atoms with Crippen LogP contribution in [0.25, 0.3) is 0 Å². The molecule has 17 heavy (non-hydrogen) atoms. The van der Waals surface area contributed by atoms with E-state index in [-0.39, 0.29) is 5.75 Å². The van der Waals surface area contributed by atoms with Gasteiger partial charge in [-0.2, -0.15) is 0 Å². The largest absolute Gasteiger partial charge is 0.506 e.